The van der Waals surface area contributed by atoms with E-state index >= 15 is 0 Å². The van der Waals surface area contributed by atoms with E-state index in [1.807, 2.05) is 0 Å². The third-order valence-corrected chi connectivity index (χ3v) is 5.32. The summed E-state index contributed by atoms with van der Waals surface area (Å²) in [5.74, 6) is 0.104. The second kappa shape index (κ2) is 6.45. The molecule has 0 spiro atoms. The molecule has 24 heavy (non-hydrogen) atoms. The minimum Gasteiger partial charge on any atom is -0.379 e. The lowest BCUT2D eigenvalue weighted by atomic mass is 10.0. The van der Waals surface area contributed by atoms with E-state index in [2.05, 4.69) is 0 Å². The zero-order valence-corrected chi connectivity index (χ0v) is 14.6. The maximum atomic E-state index is 12.5. The lowest BCUT2D eigenvalue weighted by molar-refractivity contribution is -0.116. The number of rotatable bonds is 3. The Morgan fingerprint density at radius 2 is 2.00 bits per heavy atom. The van der Waals surface area contributed by atoms with Crippen LogP contribution < -0.4 is 9.08 Å². The molecule has 0 fully saturated rings. The maximum absolute atomic E-state index is 12.5. The molecule has 2 aromatic rings. The van der Waals surface area contributed by atoms with Crippen LogP contribution in [-0.2, 0) is 21.3 Å². The monoisotopic (exact) mass is 365 g/mol. The Morgan fingerprint density at radius 1 is 1.21 bits per heavy atom. The van der Waals surface area contributed by atoms with Crippen LogP contribution in [0, 0.1) is 0 Å². The predicted octanol–water partition coefficient (Wildman–Crippen LogP) is 3.41. The molecule has 0 saturated heterocycles. The lowest BCUT2D eigenvalue weighted by Crippen LogP contribution is -2.33. The van der Waals surface area contributed by atoms with Crippen molar-refractivity contribution in [3.63, 3.8) is 0 Å². The van der Waals surface area contributed by atoms with Gasteiger partial charge in [0, 0.05) is 30.2 Å². The highest BCUT2D eigenvalue weighted by Gasteiger charge is 2.24. The number of hydrogen-bond donors (Lipinski definition) is 0. The van der Waals surface area contributed by atoms with Crippen molar-refractivity contribution in [2.24, 2.45) is 0 Å². The molecule has 1 aliphatic rings. The zero-order chi connectivity index (χ0) is 17.3. The standard InChI is InChI=1S/C17H16ClNO4S/c1-12(20)19-9-3-4-13-10-16(7-8-17(13)19)24(21,22)23-15-6-2-5-14(18)11-15/h2,5-8,10-11H,3-4,9H2,1H3. The Hall–Kier alpha value is -2.05. The van der Waals surface area contributed by atoms with Gasteiger partial charge in [0.25, 0.3) is 0 Å². The van der Waals surface area contributed by atoms with Crippen molar-refractivity contribution in [1.82, 2.24) is 0 Å². The minimum atomic E-state index is -3.96. The Balaban J connectivity index is 1.93. The number of amides is 1. The molecule has 2 aromatic carbocycles. The summed E-state index contributed by atoms with van der Waals surface area (Å²) in [5, 5.41) is 0.394. The Bertz CT molecular complexity index is 895. The Labute approximate surface area is 145 Å². The fourth-order valence-corrected chi connectivity index (χ4v) is 3.90. The number of nitrogens with zero attached hydrogens (tertiary/aromatic N) is 1. The van der Waals surface area contributed by atoms with Crippen molar-refractivity contribution < 1.29 is 17.4 Å². The van der Waals surface area contributed by atoms with Gasteiger partial charge in [-0.05, 0) is 48.7 Å². The molecule has 0 unspecified atom stereocenters. The number of hydrogen-bond acceptors (Lipinski definition) is 4. The topological polar surface area (TPSA) is 63.7 Å². The highest BCUT2D eigenvalue weighted by Crippen LogP contribution is 2.30. The van der Waals surface area contributed by atoms with Crippen LogP contribution >= 0.6 is 11.6 Å². The minimum absolute atomic E-state index is 0.0539. The molecular weight excluding hydrogens is 350 g/mol. The summed E-state index contributed by atoms with van der Waals surface area (Å²) < 4.78 is 30.1. The average Bonchev–Trinajstić information content (AvgIpc) is 2.53. The van der Waals surface area contributed by atoms with E-state index in [9.17, 15) is 13.2 Å². The fraction of sp³-hybridized carbons (Fsp3) is 0.235. The van der Waals surface area contributed by atoms with Crippen molar-refractivity contribution >= 4 is 33.3 Å². The molecule has 0 N–H and O–H groups in total. The summed E-state index contributed by atoms with van der Waals surface area (Å²) in [6, 6.07) is 10.9. The molecule has 0 bridgehead atoms. The number of anilines is 1. The summed E-state index contributed by atoms with van der Waals surface area (Å²) >= 11 is 5.85. The van der Waals surface area contributed by atoms with Gasteiger partial charge in [-0.1, -0.05) is 17.7 Å². The molecular formula is C17H16ClNO4S. The third kappa shape index (κ3) is 3.39. The van der Waals surface area contributed by atoms with Crippen molar-refractivity contribution in [1.29, 1.82) is 0 Å². The summed E-state index contributed by atoms with van der Waals surface area (Å²) in [4.78, 5) is 13.4. The number of carbonyl (C=O) groups is 1. The largest absolute Gasteiger partial charge is 0.379 e. The number of halogens is 1. The molecule has 0 aromatic heterocycles. The fourth-order valence-electron chi connectivity index (χ4n) is 2.75. The van der Waals surface area contributed by atoms with Crippen LogP contribution in [-0.4, -0.2) is 20.9 Å². The summed E-state index contributed by atoms with van der Waals surface area (Å²) in [7, 11) is -3.96. The first kappa shape index (κ1) is 16.8. The van der Waals surface area contributed by atoms with E-state index in [1.165, 1.54) is 25.1 Å². The maximum Gasteiger partial charge on any atom is 0.339 e. The van der Waals surface area contributed by atoms with Gasteiger partial charge < -0.3 is 9.08 Å². The van der Waals surface area contributed by atoms with Gasteiger partial charge in [-0.15, -0.1) is 0 Å². The molecule has 126 valence electrons. The first-order chi connectivity index (χ1) is 11.4. The van der Waals surface area contributed by atoms with Gasteiger partial charge in [0.1, 0.15) is 10.6 Å². The van der Waals surface area contributed by atoms with Gasteiger partial charge in [0.05, 0.1) is 0 Å². The van der Waals surface area contributed by atoms with Gasteiger partial charge >= 0.3 is 10.1 Å². The molecule has 0 atom stereocenters. The molecule has 1 amide bonds. The SMILES string of the molecule is CC(=O)N1CCCc2cc(S(=O)(=O)Oc3cccc(Cl)c3)ccc21. The number of benzene rings is 2. The van der Waals surface area contributed by atoms with E-state index in [-0.39, 0.29) is 16.6 Å². The van der Waals surface area contributed by atoms with Crippen LogP contribution in [0.2, 0.25) is 5.02 Å². The summed E-state index contributed by atoms with van der Waals surface area (Å²) in [6.07, 6.45) is 1.52. The summed E-state index contributed by atoms with van der Waals surface area (Å²) in [5.41, 5.74) is 1.59. The molecule has 3 rings (SSSR count). The Morgan fingerprint density at radius 3 is 2.71 bits per heavy atom. The first-order valence-corrected chi connectivity index (χ1v) is 9.26. The number of aryl methyl sites for hydroxylation is 1. The van der Waals surface area contributed by atoms with Gasteiger partial charge in [-0.3, -0.25) is 4.79 Å². The van der Waals surface area contributed by atoms with E-state index in [0.29, 0.717) is 11.6 Å². The summed E-state index contributed by atoms with van der Waals surface area (Å²) in [6.45, 7) is 2.15. The average molecular weight is 366 g/mol. The predicted molar refractivity (Wildman–Crippen MR) is 92.1 cm³/mol. The van der Waals surface area contributed by atoms with Crippen LogP contribution in [0.15, 0.2) is 47.4 Å². The van der Waals surface area contributed by atoms with Crippen LogP contribution in [0.3, 0.4) is 0 Å². The first-order valence-electron chi connectivity index (χ1n) is 7.48. The second-order valence-corrected chi connectivity index (χ2v) is 7.54. The van der Waals surface area contributed by atoms with Gasteiger partial charge in [-0.2, -0.15) is 8.42 Å². The van der Waals surface area contributed by atoms with Crippen molar-refractivity contribution in [2.75, 3.05) is 11.4 Å². The smallest absolute Gasteiger partial charge is 0.339 e. The zero-order valence-electron chi connectivity index (χ0n) is 13.0. The van der Waals surface area contributed by atoms with E-state index < -0.39 is 10.1 Å². The quantitative estimate of drug-likeness (QED) is 0.782. The molecule has 5 nitrogen and oxygen atoms in total. The van der Waals surface area contributed by atoms with Gasteiger partial charge in [0.2, 0.25) is 5.91 Å². The van der Waals surface area contributed by atoms with Crippen molar-refractivity contribution in [2.45, 2.75) is 24.7 Å². The molecule has 1 aliphatic heterocycles. The third-order valence-electron chi connectivity index (χ3n) is 3.84. The highest BCUT2D eigenvalue weighted by molar-refractivity contribution is 7.87. The van der Waals surface area contributed by atoms with Crippen LogP contribution in [0.25, 0.3) is 0 Å². The number of carbonyl (C=O) groups excluding carboxylic acids is 1. The highest BCUT2D eigenvalue weighted by atomic mass is 35.5. The van der Waals surface area contributed by atoms with Crippen molar-refractivity contribution in [3.05, 3.63) is 53.1 Å². The van der Waals surface area contributed by atoms with Gasteiger partial charge in [0.15, 0.2) is 0 Å². The van der Waals surface area contributed by atoms with Crippen LogP contribution in [0.4, 0.5) is 5.69 Å². The number of fused-ring (bicyclic) bond motifs is 1. The molecule has 0 saturated carbocycles. The molecule has 7 heteroatoms. The second-order valence-electron chi connectivity index (χ2n) is 5.56. The lowest BCUT2D eigenvalue weighted by Gasteiger charge is -2.28. The normalized spacial score (nSPS) is 14.2. The van der Waals surface area contributed by atoms with Crippen molar-refractivity contribution in [3.8, 4) is 5.75 Å². The molecule has 1 heterocycles. The van der Waals surface area contributed by atoms with E-state index in [0.717, 1.165) is 24.1 Å². The van der Waals surface area contributed by atoms with E-state index in [4.69, 9.17) is 15.8 Å². The molecule has 0 radical (unpaired) electrons. The van der Waals surface area contributed by atoms with Crippen LogP contribution in [0.1, 0.15) is 18.9 Å². The van der Waals surface area contributed by atoms with Crippen LogP contribution in [0.5, 0.6) is 5.75 Å². The Kier molecular flexibility index (Phi) is 4.51. The van der Waals surface area contributed by atoms with E-state index in [1.54, 1.807) is 29.2 Å². The van der Waals surface area contributed by atoms with Gasteiger partial charge in [-0.25, -0.2) is 0 Å². The molecule has 0 aliphatic carbocycles.